The molecule has 1 aromatic carbocycles. The van der Waals surface area contributed by atoms with Crippen molar-refractivity contribution in [2.24, 2.45) is 0 Å². The van der Waals surface area contributed by atoms with Gasteiger partial charge in [-0.1, -0.05) is 24.7 Å². The summed E-state index contributed by atoms with van der Waals surface area (Å²) in [4.78, 5) is 16.6. The van der Waals surface area contributed by atoms with E-state index >= 15 is 0 Å². The van der Waals surface area contributed by atoms with E-state index in [1.54, 1.807) is 31.2 Å². The van der Waals surface area contributed by atoms with Gasteiger partial charge in [0.25, 0.3) is 5.91 Å². The van der Waals surface area contributed by atoms with Crippen LogP contribution in [0.5, 0.6) is 11.5 Å². The first kappa shape index (κ1) is 17.5. The van der Waals surface area contributed by atoms with Crippen molar-refractivity contribution in [1.82, 2.24) is 15.5 Å². The standard InChI is InChI=1S/C17H21N3O4/c1-5-9-23-14-8-7-12(10-15(14)22-4)17(21)19-13(6-2)16-18-11(3)24-20-16/h5,7-8,10,13H,1,6,9H2,2-4H3,(H,19,21)/t13-/m0/s1. The molecule has 0 aliphatic carbocycles. The number of amides is 1. The monoisotopic (exact) mass is 331 g/mol. The number of rotatable bonds is 8. The van der Waals surface area contributed by atoms with Gasteiger partial charge >= 0.3 is 0 Å². The Bertz CT molecular complexity index is 712. The number of ether oxygens (including phenoxy) is 2. The van der Waals surface area contributed by atoms with Gasteiger partial charge in [-0.25, -0.2) is 0 Å². The molecule has 0 aliphatic heterocycles. The highest BCUT2D eigenvalue weighted by atomic mass is 16.5. The molecular formula is C17H21N3O4. The number of methoxy groups -OCH3 is 1. The van der Waals surface area contributed by atoms with Gasteiger partial charge in [-0.2, -0.15) is 4.98 Å². The maximum Gasteiger partial charge on any atom is 0.252 e. The molecule has 0 bridgehead atoms. The van der Waals surface area contributed by atoms with Gasteiger partial charge in [0.15, 0.2) is 17.3 Å². The van der Waals surface area contributed by atoms with Gasteiger partial charge in [-0.15, -0.1) is 0 Å². The van der Waals surface area contributed by atoms with Crippen molar-refractivity contribution in [3.05, 3.63) is 48.1 Å². The fourth-order valence-electron chi connectivity index (χ4n) is 2.12. The SMILES string of the molecule is C=CCOc1ccc(C(=O)N[C@@H](CC)c2noc(C)n2)cc1OC. The van der Waals surface area contributed by atoms with E-state index in [-0.39, 0.29) is 11.9 Å². The summed E-state index contributed by atoms with van der Waals surface area (Å²) in [7, 11) is 1.52. The van der Waals surface area contributed by atoms with Gasteiger partial charge in [-0.3, -0.25) is 4.79 Å². The number of benzene rings is 1. The molecule has 0 spiro atoms. The fourth-order valence-corrected chi connectivity index (χ4v) is 2.12. The first-order valence-electron chi connectivity index (χ1n) is 7.61. The molecule has 1 aromatic heterocycles. The first-order valence-corrected chi connectivity index (χ1v) is 7.61. The lowest BCUT2D eigenvalue weighted by atomic mass is 10.1. The van der Waals surface area contributed by atoms with E-state index in [4.69, 9.17) is 14.0 Å². The Morgan fingerprint density at radius 2 is 2.25 bits per heavy atom. The largest absolute Gasteiger partial charge is 0.493 e. The van der Waals surface area contributed by atoms with Crippen LogP contribution in [-0.2, 0) is 0 Å². The molecule has 128 valence electrons. The Labute approximate surface area is 140 Å². The number of hydrogen-bond acceptors (Lipinski definition) is 6. The third-order valence-corrected chi connectivity index (χ3v) is 3.35. The predicted molar refractivity (Wildman–Crippen MR) is 88.2 cm³/mol. The number of aryl methyl sites for hydroxylation is 1. The Balaban J connectivity index is 2.15. The molecule has 7 heteroatoms. The molecule has 0 saturated heterocycles. The van der Waals surface area contributed by atoms with Crippen LogP contribution in [0.1, 0.15) is 41.5 Å². The molecule has 0 radical (unpaired) electrons. The highest BCUT2D eigenvalue weighted by Gasteiger charge is 2.19. The van der Waals surface area contributed by atoms with Gasteiger partial charge < -0.3 is 19.3 Å². The molecule has 1 amide bonds. The molecule has 24 heavy (non-hydrogen) atoms. The van der Waals surface area contributed by atoms with Crippen LogP contribution < -0.4 is 14.8 Å². The fraction of sp³-hybridized carbons (Fsp3) is 0.353. The minimum atomic E-state index is -0.322. The number of nitrogens with one attached hydrogen (secondary N) is 1. The number of carbonyl (C=O) groups excluding carboxylic acids is 1. The summed E-state index contributed by atoms with van der Waals surface area (Å²) in [6.07, 6.45) is 2.28. The average Bonchev–Trinajstić information content (AvgIpc) is 3.03. The summed E-state index contributed by atoms with van der Waals surface area (Å²) in [6, 6.07) is 4.67. The summed E-state index contributed by atoms with van der Waals surface area (Å²) in [5, 5.41) is 6.75. The number of aromatic nitrogens is 2. The zero-order valence-corrected chi connectivity index (χ0v) is 14.0. The minimum absolute atomic E-state index is 0.252. The lowest BCUT2D eigenvalue weighted by Gasteiger charge is -2.15. The molecule has 7 nitrogen and oxygen atoms in total. The van der Waals surface area contributed by atoms with E-state index in [1.165, 1.54) is 7.11 Å². The molecular weight excluding hydrogens is 310 g/mol. The van der Waals surface area contributed by atoms with E-state index in [9.17, 15) is 4.79 Å². The van der Waals surface area contributed by atoms with Crippen molar-refractivity contribution in [3.63, 3.8) is 0 Å². The number of hydrogen-bond donors (Lipinski definition) is 1. The highest BCUT2D eigenvalue weighted by molar-refractivity contribution is 5.95. The zero-order valence-electron chi connectivity index (χ0n) is 14.0. The number of carbonyl (C=O) groups is 1. The summed E-state index contributed by atoms with van der Waals surface area (Å²) in [6.45, 7) is 7.60. The molecule has 0 unspecified atom stereocenters. The summed E-state index contributed by atoms with van der Waals surface area (Å²) >= 11 is 0. The van der Waals surface area contributed by atoms with Crippen LogP contribution >= 0.6 is 0 Å². The predicted octanol–water partition coefficient (Wildman–Crippen LogP) is 2.83. The van der Waals surface area contributed by atoms with Crippen molar-refractivity contribution in [3.8, 4) is 11.5 Å². The van der Waals surface area contributed by atoms with E-state index in [2.05, 4.69) is 22.0 Å². The van der Waals surface area contributed by atoms with Crippen LogP contribution in [-0.4, -0.2) is 29.8 Å². The van der Waals surface area contributed by atoms with Crippen molar-refractivity contribution in [2.75, 3.05) is 13.7 Å². The summed E-state index contributed by atoms with van der Waals surface area (Å²) in [5.41, 5.74) is 0.455. The normalized spacial score (nSPS) is 11.6. The molecule has 1 atom stereocenters. The zero-order chi connectivity index (χ0) is 17.5. The van der Waals surface area contributed by atoms with Crippen molar-refractivity contribution >= 4 is 5.91 Å². The second-order valence-electron chi connectivity index (χ2n) is 5.07. The van der Waals surface area contributed by atoms with Crippen molar-refractivity contribution < 1.29 is 18.8 Å². The molecule has 0 fully saturated rings. The van der Waals surface area contributed by atoms with Crippen LogP contribution in [0.15, 0.2) is 35.4 Å². The topological polar surface area (TPSA) is 86.5 Å². The van der Waals surface area contributed by atoms with Crippen LogP contribution in [0.3, 0.4) is 0 Å². The smallest absolute Gasteiger partial charge is 0.252 e. The Kier molecular flexibility index (Phi) is 5.95. The van der Waals surface area contributed by atoms with Crippen molar-refractivity contribution in [1.29, 1.82) is 0 Å². The van der Waals surface area contributed by atoms with Gasteiger partial charge in [0, 0.05) is 12.5 Å². The third-order valence-electron chi connectivity index (χ3n) is 3.35. The molecule has 2 aromatic rings. The Hall–Kier alpha value is -2.83. The molecule has 2 rings (SSSR count). The second-order valence-corrected chi connectivity index (χ2v) is 5.07. The van der Waals surface area contributed by atoms with Crippen LogP contribution in [0, 0.1) is 6.92 Å². The van der Waals surface area contributed by atoms with E-state index < -0.39 is 0 Å². The summed E-state index contributed by atoms with van der Waals surface area (Å²) < 4.78 is 15.7. The first-order chi connectivity index (χ1) is 11.6. The van der Waals surface area contributed by atoms with Gasteiger partial charge in [0.1, 0.15) is 6.61 Å². The van der Waals surface area contributed by atoms with Crippen LogP contribution in [0.25, 0.3) is 0 Å². The summed E-state index contributed by atoms with van der Waals surface area (Å²) in [5.74, 6) is 1.70. The van der Waals surface area contributed by atoms with Gasteiger partial charge in [-0.05, 0) is 24.6 Å². The van der Waals surface area contributed by atoms with E-state index in [1.807, 2.05) is 6.92 Å². The molecule has 1 N–H and O–H groups in total. The molecule has 0 saturated carbocycles. The quantitative estimate of drug-likeness (QED) is 0.749. The van der Waals surface area contributed by atoms with Crippen LogP contribution in [0.2, 0.25) is 0 Å². The second kappa shape index (κ2) is 8.14. The molecule has 0 aliphatic rings. The van der Waals surface area contributed by atoms with Gasteiger partial charge in [0.05, 0.1) is 13.2 Å². The third kappa shape index (κ3) is 4.13. The maximum absolute atomic E-state index is 12.5. The maximum atomic E-state index is 12.5. The minimum Gasteiger partial charge on any atom is -0.493 e. The average molecular weight is 331 g/mol. The lowest BCUT2D eigenvalue weighted by molar-refractivity contribution is 0.0933. The van der Waals surface area contributed by atoms with Crippen molar-refractivity contribution in [2.45, 2.75) is 26.3 Å². The molecule has 1 heterocycles. The van der Waals surface area contributed by atoms with E-state index in [0.29, 0.717) is 41.8 Å². The van der Waals surface area contributed by atoms with E-state index in [0.717, 1.165) is 0 Å². The Morgan fingerprint density at radius 3 is 2.83 bits per heavy atom. The Morgan fingerprint density at radius 1 is 1.46 bits per heavy atom. The highest BCUT2D eigenvalue weighted by Crippen LogP contribution is 2.28. The van der Waals surface area contributed by atoms with Crippen LogP contribution in [0.4, 0.5) is 0 Å². The lowest BCUT2D eigenvalue weighted by Crippen LogP contribution is -2.29. The van der Waals surface area contributed by atoms with Gasteiger partial charge in [0.2, 0.25) is 5.89 Å². The number of nitrogens with zero attached hydrogens (tertiary/aromatic N) is 2.